The third-order valence-electron chi connectivity index (χ3n) is 5.72. The summed E-state index contributed by atoms with van der Waals surface area (Å²) in [6, 6.07) is 3.88. The van der Waals surface area contributed by atoms with E-state index in [9.17, 15) is 4.79 Å². The lowest BCUT2D eigenvalue weighted by Gasteiger charge is -2.28. The maximum Gasteiger partial charge on any atom is 0.261 e. The maximum absolute atomic E-state index is 13.1. The van der Waals surface area contributed by atoms with Gasteiger partial charge in [0.1, 0.15) is 16.4 Å². The molecule has 1 fully saturated rings. The van der Waals surface area contributed by atoms with Crippen LogP contribution in [0.1, 0.15) is 71.2 Å². The molecule has 29 heavy (non-hydrogen) atoms. The van der Waals surface area contributed by atoms with Crippen molar-refractivity contribution in [3.63, 3.8) is 0 Å². The van der Waals surface area contributed by atoms with Crippen molar-refractivity contribution < 1.29 is 9.21 Å². The number of hydrogen-bond donors (Lipinski definition) is 1. The van der Waals surface area contributed by atoms with Crippen LogP contribution in [0.25, 0.3) is 10.2 Å². The number of thiophene rings is 1. The van der Waals surface area contributed by atoms with Crippen molar-refractivity contribution in [2.45, 2.75) is 52.5 Å². The molecule has 0 saturated heterocycles. The second-order valence-corrected chi connectivity index (χ2v) is 8.64. The topological polar surface area (TPSA) is 71.3 Å². The summed E-state index contributed by atoms with van der Waals surface area (Å²) in [5.74, 6) is 2.25. The molecular weight excluding hydrogens is 384 g/mol. The first-order valence-corrected chi connectivity index (χ1v) is 11.2. The van der Waals surface area contributed by atoms with Gasteiger partial charge in [0.2, 0.25) is 0 Å². The number of carbonyl (C=O) groups is 1. The fourth-order valence-electron chi connectivity index (χ4n) is 3.93. The smallest absolute Gasteiger partial charge is 0.261 e. The van der Waals surface area contributed by atoms with E-state index in [0.29, 0.717) is 12.5 Å². The van der Waals surface area contributed by atoms with Gasteiger partial charge in [-0.3, -0.25) is 9.69 Å². The normalized spacial score (nSPS) is 15.2. The molecule has 4 rings (SSSR count). The van der Waals surface area contributed by atoms with E-state index in [2.05, 4.69) is 24.1 Å². The van der Waals surface area contributed by atoms with Gasteiger partial charge < -0.3 is 9.73 Å². The summed E-state index contributed by atoms with van der Waals surface area (Å²) in [7, 11) is 0. The Morgan fingerprint density at radius 1 is 1.31 bits per heavy atom. The zero-order valence-electron chi connectivity index (χ0n) is 17.5. The van der Waals surface area contributed by atoms with Crippen LogP contribution < -0.4 is 5.32 Å². The Morgan fingerprint density at radius 2 is 2.07 bits per heavy atom. The van der Waals surface area contributed by atoms with Gasteiger partial charge in [0.05, 0.1) is 22.9 Å². The number of hydrogen-bond acceptors (Lipinski definition) is 6. The zero-order valence-corrected chi connectivity index (χ0v) is 18.3. The lowest BCUT2D eigenvalue weighted by atomic mass is 10.1. The molecule has 0 spiro atoms. The third-order valence-corrected chi connectivity index (χ3v) is 6.90. The molecule has 1 amide bonds. The van der Waals surface area contributed by atoms with Crippen LogP contribution in [0.2, 0.25) is 0 Å². The van der Waals surface area contributed by atoms with Crippen LogP contribution in [0.3, 0.4) is 0 Å². The molecule has 7 heteroatoms. The monoisotopic (exact) mass is 412 g/mol. The molecule has 1 saturated carbocycles. The second kappa shape index (κ2) is 8.24. The van der Waals surface area contributed by atoms with Crippen molar-refractivity contribution in [1.82, 2.24) is 20.2 Å². The van der Waals surface area contributed by atoms with Gasteiger partial charge in [-0.15, -0.1) is 11.3 Å². The summed E-state index contributed by atoms with van der Waals surface area (Å²) in [6.07, 6.45) is 4.02. The first kappa shape index (κ1) is 20.0. The van der Waals surface area contributed by atoms with Gasteiger partial charge in [-0.1, -0.05) is 13.8 Å². The minimum atomic E-state index is -0.0541. The van der Waals surface area contributed by atoms with Gasteiger partial charge in [0, 0.05) is 17.8 Å². The second-order valence-electron chi connectivity index (χ2n) is 7.64. The lowest BCUT2D eigenvalue weighted by Crippen LogP contribution is -2.37. The number of rotatable bonds is 8. The molecule has 1 atom stereocenters. The van der Waals surface area contributed by atoms with E-state index >= 15 is 0 Å². The number of amides is 1. The summed E-state index contributed by atoms with van der Waals surface area (Å²) in [4.78, 5) is 26.4. The van der Waals surface area contributed by atoms with Crippen molar-refractivity contribution in [1.29, 1.82) is 0 Å². The summed E-state index contributed by atoms with van der Waals surface area (Å²) in [6.45, 7) is 10.5. The highest BCUT2D eigenvalue weighted by Crippen LogP contribution is 2.40. The van der Waals surface area contributed by atoms with Crippen molar-refractivity contribution in [3.8, 4) is 0 Å². The minimum absolute atomic E-state index is 0.0154. The summed E-state index contributed by atoms with van der Waals surface area (Å²) in [5, 5.41) is 4.15. The van der Waals surface area contributed by atoms with E-state index in [1.54, 1.807) is 6.26 Å². The Balaban J connectivity index is 1.56. The first-order valence-electron chi connectivity index (χ1n) is 10.4. The summed E-state index contributed by atoms with van der Waals surface area (Å²) >= 11 is 1.47. The number of aromatic nitrogens is 2. The van der Waals surface area contributed by atoms with E-state index in [1.165, 1.54) is 24.2 Å². The largest absolute Gasteiger partial charge is 0.468 e. The Kier molecular flexibility index (Phi) is 5.69. The van der Waals surface area contributed by atoms with E-state index in [0.717, 1.165) is 51.0 Å². The van der Waals surface area contributed by atoms with Crippen molar-refractivity contribution in [2.24, 2.45) is 0 Å². The van der Waals surface area contributed by atoms with Gasteiger partial charge in [0.25, 0.3) is 5.91 Å². The number of nitrogens with one attached hydrogen (secondary N) is 1. The average molecular weight is 413 g/mol. The molecule has 6 nitrogen and oxygen atoms in total. The molecular formula is C22H28N4O2S. The molecule has 3 heterocycles. The Labute approximate surface area is 175 Å². The maximum atomic E-state index is 13.1. The van der Waals surface area contributed by atoms with E-state index in [-0.39, 0.29) is 11.9 Å². The van der Waals surface area contributed by atoms with Crippen molar-refractivity contribution in [2.75, 3.05) is 19.6 Å². The van der Waals surface area contributed by atoms with Crippen LogP contribution in [-0.2, 0) is 0 Å². The van der Waals surface area contributed by atoms with Crippen LogP contribution >= 0.6 is 11.3 Å². The quantitative estimate of drug-likeness (QED) is 0.586. The molecule has 154 valence electrons. The van der Waals surface area contributed by atoms with Gasteiger partial charge in [-0.05, 0) is 57.5 Å². The average Bonchev–Trinajstić information content (AvgIpc) is 3.32. The Hall–Kier alpha value is -2.25. The van der Waals surface area contributed by atoms with Crippen molar-refractivity contribution >= 4 is 27.5 Å². The number of aryl methyl sites for hydroxylation is 2. The van der Waals surface area contributed by atoms with Gasteiger partial charge in [-0.2, -0.15) is 0 Å². The summed E-state index contributed by atoms with van der Waals surface area (Å²) in [5.41, 5.74) is 1.95. The highest BCUT2D eigenvalue weighted by molar-refractivity contribution is 7.20. The number of furan rings is 1. The first-order chi connectivity index (χ1) is 14.0. The predicted molar refractivity (Wildman–Crippen MR) is 116 cm³/mol. The molecule has 0 bridgehead atoms. The highest BCUT2D eigenvalue weighted by atomic mass is 32.1. The minimum Gasteiger partial charge on any atom is -0.468 e. The molecule has 1 aliphatic rings. The van der Waals surface area contributed by atoms with Crippen molar-refractivity contribution in [3.05, 3.63) is 46.1 Å². The number of carbonyl (C=O) groups excluding carboxylic acids is 1. The SMILES string of the molecule is CCN(CC)C(CNC(=O)c1sc2nc(C3CC3)nc(C)c2c1C)c1ccco1. The predicted octanol–water partition coefficient (Wildman–Crippen LogP) is 4.59. The molecule has 0 aliphatic heterocycles. The fraction of sp³-hybridized carbons (Fsp3) is 0.500. The molecule has 3 aromatic rings. The number of fused-ring (bicyclic) bond motifs is 1. The molecule has 1 unspecified atom stereocenters. The van der Waals surface area contributed by atoms with E-state index < -0.39 is 0 Å². The van der Waals surface area contributed by atoms with Crippen LogP contribution in [0, 0.1) is 13.8 Å². The van der Waals surface area contributed by atoms with Crippen LogP contribution in [0.15, 0.2) is 22.8 Å². The third kappa shape index (κ3) is 3.94. The molecule has 3 aromatic heterocycles. The van der Waals surface area contributed by atoms with Gasteiger partial charge in [0.15, 0.2) is 0 Å². The molecule has 0 aromatic carbocycles. The summed E-state index contributed by atoms with van der Waals surface area (Å²) < 4.78 is 5.64. The Bertz CT molecular complexity index is 1000. The molecule has 0 radical (unpaired) electrons. The zero-order chi connectivity index (χ0) is 20.5. The number of likely N-dealkylation sites (N-methyl/N-ethyl adjacent to an activating group) is 1. The van der Waals surface area contributed by atoms with Crippen LogP contribution in [-0.4, -0.2) is 40.4 Å². The fourth-order valence-corrected chi connectivity index (χ4v) is 5.08. The van der Waals surface area contributed by atoms with Gasteiger partial charge >= 0.3 is 0 Å². The van der Waals surface area contributed by atoms with E-state index in [4.69, 9.17) is 14.4 Å². The van der Waals surface area contributed by atoms with Gasteiger partial charge in [-0.25, -0.2) is 9.97 Å². The standard InChI is InChI=1S/C22H28N4O2S/c1-5-26(6-2)16(17-8-7-11-28-17)12-23-21(27)19-13(3)18-14(4)24-20(15-9-10-15)25-22(18)29-19/h7-8,11,15-16H,5-6,9-10,12H2,1-4H3,(H,23,27). The molecule has 1 aliphatic carbocycles. The molecule has 1 N–H and O–H groups in total. The number of nitrogens with zero attached hydrogens (tertiary/aromatic N) is 3. The van der Waals surface area contributed by atoms with Crippen LogP contribution in [0.5, 0.6) is 0 Å². The van der Waals surface area contributed by atoms with E-state index in [1.807, 2.05) is 26.0 Å². The lowest BCUT2D eigenvalue weighted by molar-refractivity contribution is 0.0933. The highest BCUT2D eigenvalue weighted by Gasteiger charge is 2.29. The Morgan fingerprint density at radius 3 is 2.69 bits per heavy atom. The van der Waals surface area contributed by atoms with Crippen LogP contribution in [0.4, 0.5) is 0 Å².